The fourth-order valence-corrected chi connectivity index (χ4v) is 6.68. The molecule has 2 heterocycles. The molecule has 0 unspecified atom stereocenters. The number of halogens is 1. The molecule has 0 spiro atoms. The van der Waals surface area contributed by atoms with Gasteiger partial charge in [-0.3, -0.25) is 14.9 Å². The van der Waals surface area contributed by atoms with Crippen LogP contribution in [-0.4, -0.2) is 63.9 Å². The van der Waals surface area contributed by atoms with Crippen molar-refractivity contribution in [2.45, 2.75) is 44.4 Å². The molecule has 12 heteroatoms. The summed E-state index contributed by atoms with van der Waals surface area (Å²) < 4.78 is 5.92. The van der Waals surface area contributed by atoms with Gasteiger partial charge in [0, 0.05) is 56.2 Å². The molecule has 11 nitrogen and oxygen atoms in total. The van der Waals surface area contributed by atoms with Gasteiger partial charge in [0.25, 0.3) is 0 Å². The number of phenolic OH excluding ortho intramolecular Hbond substituents is 1. The Morgan fingerprint density at radius 3 is 2.46 bits per heavy atom. The fraction of sp³-hybridized carbons (Fsp3) is 0.275. The number of benzene rings is 4. The summed E-state index contributed by atoms with van der Waals surface area (Å²) in [6.07, 6.45) is 0.195. The Labute approximate surface area is 306 Å². The lowest BCUT2D eigenvalue weighted by Crippen LogP contribution is -2.46. The third kappa shape index (κ3) is 9.17. The van der Waals surface area contributed by atoms with Crippen LogP contribution in [0.2, 0.25) is 5.02 Å². The molecule has 4 aromatic carbocycles. The van der Waals surface area contributed by atoms with Crippen molar-refractivity contribution in [3.63, 3.8) is 0 Å². The number of phenols is 1. The van der Waals surface area contributed by atoms with E-state index in [4.69, 9.17) is 16.3 Å². The molecule has 6 rings (SSSR count). The summed E-state index contributed by atoms with van der Waals surface area (Å²) >= 11 is 6.51. The molecular weight excluding hydrogens is 682 g/mol. The number of H-pyrrole nitrogens is 1. The Kier molecular flexibility index (Phi) is 11.6. The minimum absolute atomic E-state index is 0.0664. The van der Waals surface area contributed by atoms with Crippen LogP contribution in [0.5, 0.6) is 5.75 Å². The molecule has 2 amide bonds. The van der Waals surface area contributed by atoms with E-state index in [1.54, 1.807) is 24.3 Å². The molecule has 1 saturated heterocycles. The van der Waals surface area contributed by atoms with E-state index in [-0.39, 0.29) is 35.7 Å². The van der Waals surface area contributed by atoms with Crippen LogP contribution in [-0.2, 0) is 16.1 Å². The van der Waals surface area contributed by atoms with Gasteiger partial charge in [-0.2, -0.15) is 0 Å². The standard InChI is InChI=1S/C40H42ClN5O6/c1-40(52-39(51)44-32-10-6-5-9-28(32)27-7-3-2-4-8-27)18-21-46(22-19-40)20-17-37(50)43-33-14-11-26(23-31(33)41)24-42-25-35(48)29-12-15-34(47)38-30(29)13-16-36(49)45-38/h2-16,23,35,42,47-48H,17-22,24-25H2,1H3,(H,43,50)(H,44,51)(H,45,49)/t35-/m0/s1. The van der Waals surface area contributed by atoms with Crippen LogP contribution in [0.3, 0.4) is 0 Å². The molecule has 1 aliphatic heterocycles. The highest BCUT2D eigenvalue weighted by Gasteiger charge is 2.34. The maximum Gasteiger partial charge on any atom is 0.412 e. The first-order valence-corrected chi connectivity index (χ1v) is 17.6. The fourth-order valence-electron chi connectivity index (χ4n) is 6.43. The summed E-state index contributed by atoms with van der Waals surface area (Å²) in [5.74, 6) is -0.220. The van der Waals surface area contributed by atoms with Crippen molar-refractivity contribution in [2.75, 3.05) is 36.8 Å². The van der Waals surface area contributed by atoms with Crippen molar-refractivity contribution < 1.29 is 24.5 Å². The van der Waals surface area contributed by atoms with Gasteiger partial charge in [-0.05, 0) is 66.8 Å². The third-order valence-electron chi connectivity index (χ3n) is 9.40. The molecule has 270 valence electrons. The monoisotopic (exact) mass is 723 g/mol. The molecule has 0 radical (unpaired) electrons. The van der Waals surface area contributed by atoms with E-state index in [1.165, 1.54) is 12.1 Å². The number of anilines is 2. The van der Waals surface area contributed by atoms with Gasteiger partial charge in [0.15, 0.2) is 0 Å². The lowest BCUT2D eigenvalue weighted by Gasteiger charge is -2.38. The zero-order valence-corrected chi connectivity index (χ0v) is 29.6. The lowest BCUT2D eigenvalue weighted by atomic mass is 9.93. The van der Waals surface area contributed by atoms with Crippen molar-refractivity contribution in [1.29, 1.82) is 0 Å². The number of hydrogen-bond acceptors (Lipinski definition) is 8. The molecule has 1 atom stereocenters. The summed E-state index contributed by atoms with van der Waals surface area (Å²) in [6, 6.07) is 28.9. The smallest absolute Gasteiger partial charge is 0.412 e. The number of aromatic hydroxyl groups is 1. The number of piperidine rings is 1. The number of fused-ring (bicyclic) bond motifs is 1. The van der Waals surface area contributed by atoms with Crippen molar-refractivity contribution in [2.24, 2.45) is 0 Å². The second-order valence-electron chi connectivity index (χ2n) is 13.3. The minimum atomic E-state index is -0.892. The summed E-state index contributed by atoms with van der Waals surface area (Å²) in [6.45, 7) is 4.53. The van der Waals surface area contributed by atoms with Gasteiger partial charge in [0.05, 0.1) is 28.0 Å². The number of carbonyl (C=O) groups is 2. The number of ether oxygens (including phenoxy) is 1. The SMILES string of the molecule is CC1(OC(=O)Nc2ccccc2-c2ccccc2)CCN(CCC(=O)Nc2ccc(CNC[C@H](O)c3ccc(O)c4[nH]c(=O)ccc34)cc2Cl)CC1. The van der Waals surface area contributed by atoms with Crippen LogP contribution in [0.4, 0.5) is 16.2 Å². The number of nitrogens with one attached hydrogen (secondary N) is 4. The minimum Gasteiger partial charge on any atom is -0.506 e. The van der Waals surface area contributed by atoms with Gasteiger partial charge in [-0.15, -0.1) is 0 Å². The number of pyridine rings is 1. The van der Waals surface area contributed by atoms with Crippen LogP contribution < -0.4 is 21.5 Å². The second kappa shape index (κ2) is 16.4. The summed E-state index contributed by atoms with van der Waals surface area (Å²) in [5.41, 5.74) is 3.88. The van der Waals surface area contributed by atoms with E-state index >= 15 is 0 Å². The summed E-state index contributed by atoms with van der Waals surface area (Å²) in [4.78, 5) is 42.3. The van der Waals surface area contributed by atoms with Gasteiger partial charge < -0.3 is 35.5 Å². The highest BCUT2D eigenvalue weighted by atomic mass is 35.5. The highest BCUT2D eigenvalue weighted by molar-refractivity contribution is 6.33. The molecule has 5 aromatic rings. The van der Waals surface area contributed by atoms with Crippen LogP contribution in [0, 0.1) is 0 Å². The molecular formula is C40H42ClN5O6. The van der Waals surface area contributed by atoms with Gasteiger partial charge >= 0.3 is 6.09 Å². The summed E-state index contributed by atoms with van der Waals surface area (Å²) in [7, 11) is 0. The largest absolute Gasteiger partial charge is 0.506 e. The Morgan fingerprint density at radius 1 is 0.942 bits per heavy atom. The Bertz CT molecular complexity index is 2100. The van der Waals surface area contributed by atoms with Crippen LogP contribution in [0.1, 0.15) is 43.4 Å². The van der Waals surface area contributed by atoms with Crippen LogP contribution >= 0.6 is 11.6 Å². The predicted molar refractivity (Wildman–Crippen MR) is 204 cm³/mol. The number of rotatable bonds is 12. The van der Waals surface area contributed by atoms with E-state index in [2.05, 4.69) is 25.8 Å². The molecule has 0 saturated carbocycles. The molecule has 0 bridgehead atoms. The molecule has 1 fully saturated rings. The maximum atomic E-state index is 12.9. The molecule has 0 aliphatic carbocycles. The average molecular weight is 724 g/mol. The third-order valence-corrected chi connectivity index (χ3v) is 9.71. The number of amides is 2. The zero-order valence-electron chi connectivity index (χ0n) is 28.8. The lowest BCUT2D eigenvalue weighted by molar-refractivity contribution is -0.116. The van der Waals surface area contributed by atoms with Gasteiger partial charge in [-0.25, -0.2) is 4.79 Å². The number of aliphatic hydroxyl groups excluding tert-OH is 1. The number of para-hydroxylation sites is 1. The number of hydrogen-bond donors (Lipinski definition) is 6. The number of carbonyl (C=O) groups excluding carboxylic acids is 2. The topological polar surface area (TPSA) is 156 Å². The average Bonchev–Trinajstić information content (AvgIpc) is 3.13. The first kappa shape index (κ1) is 36.6. The molecule has 1 aliphatic rings. The second-order valence-corrected chi connectivity index (χ2v) is 13.7. The Hall–Kier alpha value is -5.20. The first-order valence-electron chi connectivity index (χ1n) is 17.3. The maximum absolute atomic E-state index is 12.9. The van der Waals surface area contributed by atoms with Crippen LogP contribution in [0.25, 0.3) is 22.0 Å². The molecule has 1 aromatic heterocycles. The Balaban J connectivity index is 0.923. The van der Waals surface area contributed by atoms with Gasteiger partial charge in [-0.1, -0.05) is 72.3 Å². The van der Waals surface area contributed by atoms with E-state index in [0.29, 0.717) is 66.4 Å². The highest BCUT2D eigenvalue weighted by Crippen LogP contribution is 2.31. The zero-order chi connectivity index (χ0) is 36.7. The first-order chi connectivity index (χ1) is 25.1. The van der Waals surface area contributed by atoms with Crippen molar-refractivity contribution >= 4 is 45.9 Å². The van der Waals surface area contributed by atoms with E-state index < -0.39 is 17.8 Å². The number of aliphatic hydroxyl groups is 1. The predicted octanol–water partition coefficient (Wildman–Crippen LogP) is 6.81. The van der Waals surface area contributed by atoms with Crippen molar-refractivity contribution in [1.82, 2.24) is 15.2 Å². The van der Waals surface area contributed by atoms with Crippen LogP contribution in [0.15, 0.2) is 102 Å². The van der Waals surface area contributed by atoms with E-state index in [0.717, 1.165) is 16.7 Å². The van der Waals surface area contributed by atoms with E-state index in [1.807, 2.05) is 67.6 Å². The molecule has 6 N–H and O–H groups in total. The van der Waals surface area contributed by atoms with Crippen molar-refractivity contribution in [3.8, 4) is 16.9 Å². The quantitative estimate of drug-likeness (QED) is 0.0821. The number of aromatic nitrogens is 1. The summed E-state index contributed by atoms with van der Waals surface area (Å²) in [5, 5.41) is 30.9. The van der Waals surface area contributed by atoms with Gasteiger partial charge in [0.1, 0.15) is 11.4 Å². The Morgan fingerprint density at radius 2 is 1.69 bits per heavy atom. The number of likely N-dealkylation sites (tertiary alicyclic amines) is 1. The van der Waals surface area contributed by atoms with E-state index in [9.17, 15) is 24.6 Å². The number of nitrogens with zero attached hydrogens (tertiary/aromatic N) is 1. The normalized spacial score (nSPS) is 14.8. The van der Waals surface area contributed by atoms with Crippen molar-refractivity contribution in [3.05, 3.63) is 124 Å². The molecule has 52 heavy (non-hydrogen) atoms. The van der Waals surface area contributed by atoms with Gasteiger partial charge in [0.2, 0.25) is 11.5 Å². The number of aromatic amines is 1.